The van der Waals surface area contributed by atoms with Gasteiger partial charge in [0.1, 0.15) is 0 Å². The second-order valence-electron chi connectivity index (χ2n) is 8.98. The summed E-state index contributed by atoms with van der Waals surface area (Å²) in [4.78, 5) is 20.8. The zero-order chi connectivity index (χ0) is 27.5. The van der Waals surface area contributed by atoms with Gasteiger partial charge in [0, 0.05) is 6.08 Å². The fourth-order valence-corrected chi connectivity index (χ4v) is 11.2. The molecule has 0 bridgehead atoms. The first-order valence-corrected chi connectivity index (χ1v) is 14.9. The van der Waals surface area contributed by atoms with Crippen LogP contribution in [0.15, 0.2) is 11.0 Å². The van der Waals surface area contributed by atoms with E-state index in [0.717, 1.165) is 40.0 Å². The molecule has 0 aromatic rings. The number of ether oxygens (including phenoxy) is 2. The van der Waals surface area contributed by atoms with Crippen LogP contribution in [0, 0.1) is 6.65 Å². The predicted octanol–water partition coefficient (Wildman–Crippen LogP) is 7.11. The average molecular weight is 714 g/mol. The summed E-state index contributed by atoms with van der Waals surface area (Å²) < 4.78 is 16.0. The molecule has 0 aliphatic carbocycles. The van der Waals surface area contributed by atoms with Crippen LogP contribution in [0.5, 0.6) is 0 Å². The summed E-state index contributed by atoms with van der Waals surface area (Å²) in [5.74, 6) is -1.38. The Balaban J connectivity index is -0.000000118. The van der Waals surface area contributed by atoms with E-state index in [9.17, 15) is 9.59 Å². The number of carbonyl (C=O) groups excluding carboxylic acids is 2. The first-order chi connectivity index (χ1) is 15.0. The van der Waals surface area contributed by atoms with Gasteiger partial charge in [-0.1, -0.05) is 104 Å². The van der Waals surface area contributed by atoms with Crippen molar-refractivity contribution in [3.63, 3.8) is 0 Å². The molecule has 0 rings (SSSR count). The summed E-state index contributed by atoms with van der Waals surface area (Å²) in [5.41, 5.74) is 5.39. The fraction of sp³-hybridized carbons (Fsp3) is 0.800. The predicted molar refractivity (Wildman–Crippen MR) is 148 cm³/mol. The molecule has 9 heteroatoms. The minimum atomic E-state index is -0.717. The summed E-state index contributed by atoms with van der Waals surface area (Å²) in [6.45, 7) is 32.7. The van der Waals surface area contributed by atoms with E-state index in [1.165, 1.54) is 14.2 Å². The Morgan fingerprint density at radius 3 is 1.03 bits per heavy atom. The molecule has 0 aromatic carbocycles. The molecular weight excluding hydrogens is 665 g/mol. The van der Waals surface area contributed by atoms with Gasteiger partial charge >= 0.3 is 43.0 Å². The maximum atomic E-state index is 10.6. The van der Waals surface area contributed by atoms with Crippen LogP contribution >= 0.6 is 15.8 Å². The largest absolute Gasteiger partial charge is 1.00 e. The van der Waals surface area contributed by atoms with Gasteiger partial charge in [-0.2, -0.15) is 0 Å². The maximum absolute atomic E-state index is 10.6. The fourth-order valence-electron chi connectivity index (χ4n) is 3.90. The van der Waals surface area contributed by atoms with Gasteiger partial charge in [-0.15, -0.1) is 0 Å². The van der Waals surface area contributed by atoms with Crippen LogP contribution in [-0.4, -0.2) is 60.1 Å². The van der Waals surface area contributed by atoms with Crippen molar-refractivity contribution in [2.45, 2.75) is 117 Å². The zero-order valence-electron chi connectivity index (χ0n) is 23.7. The van der Waals surface area contributed by atoms with Gasteiger partial charge < -0.3 is 22.1 Å². The molecule has 0 saturated heterocycles. The molecule has 0 N–H and O–H groups in total. The molecule has 0 aromatic heterocycles. The molecule has 0 saturated carbocycles. The third kappa shape index (κ3) is 23.9. The molecule has 34 heavy (non-hydrogen) atoms. The third-order valence-electron chi connectivity index (χ3n) is 4.41. The Kier molecular flexibility index (Phi) is 34.0. The summed E-state index contributed by atoms with van der Waals surface area (Å²) in [7, 11) is 2.90. The van der Waals surface area contributed by atoms with E-state index in [1.54, 1.807) is 0 Å². The maximum Gasteiger partial charge on any atom is 1.00 e. The van der Waals surface area contributed by atoms with Crippen molar-refractivity contribution in [2.24, 2.45) is 0 Å². The normalized spacial score (nSPS) is 10.9. The Labute approximate surface area is 232 Å². The van der Waals surface area contributed by atoms with Crippen LogP contribution in [0.25, 0.3) is 0 Å². The van der Waals surface area contributed by atoms with Gasteiger partial charge in [0.25, 0.3) is 0 Å². The van der Waals surface area contributed by atoms with E-state index in [1.807, 2.05) is 0 Å². The molecular formula is C25H49O5OsP2S. The Morgan fingerprint density at radius 2 is 0.912 bits per heavy atom. The molecule has 0 spiro atoms. The quantitative estimate of drug-likeness (QED) is 0.0670. The monoisotopic (exact) mass is 715 g/mol. The minimum Gasteiger partial charge on any atom is 1.00 e. The molecule has 0 heterocycles. The molecule has 0 fully saturated rings. The Hall–Kier alpha value is 0.136. The summed E-state index contributed by atoms with van der Waals surface area (Å²) in [5, 5.41) is 0. The van der Waals surface area contributed by atoms with E-state index in [2.05, 4.69) is 112 Å². The topological polar surface area (TPSA) is 72.5 Å². The molecule has 203 valence electrons. The minimum absolute atomic E-state index is 0. The van der Waals surface area contributed by atoms with E-state index >= 15 is 0 Å². The zero-order valence-corrected chi connectivity index (χ0v) is 28.9. The van der Waals surface area contributed by atoms with Crippen LogP contribution < -0.4 is 0 Å². The van der Waals surface area contributed by atoms with E-state index in [0.29, 0.717) is 0 Å². The standard InChI is InChI=1S/2C9H21P.C6H8O4S.CO.Os/c2*1-7(2)10(8(3)4)9(5)6;1-9-5(7)3-4(11)6(8)10-2;1-2;/h2*7-9H,1-6H3;3,11H,1-2H3;;/q;;;;+1/p-1/b;;4-3-;;. The van der Waals surface area contributed by atoms with Gasteiger partial charge in [0.05, 0.1) is 14.2 Å². The first-order valence-electron chi connectivity index (χ1n) is 11.3. The third-order valence-corrected chi connectivity index (χ3v) is 11.9. The molecule has 0 atom stereocenters. The van der Waals surface area contributed by atoms with Crippen molar-refractivity contribution in [1.29, 1.82) is 0 Å². The van der Waals surface area contributed by atoms with Gasteiger partial charge in [0.15, 0.2) is 0 Å². The number of hydrogen-bond donors (Lipinski definition) is 0. The second-order valence-corrected chi connectivity index (χ2v) is 17.4. The number of rotatable bonds is 8. The Bertz CT molecular complexity index is 501. The van der Waals surface area contributed by atoms with Crippen LogP contribution in [0.3, 0.4) is 0 Å². The molecule has 0 aliphatic rings. The Morgan fingerprint density at radius 1 is 0.676 bits per heavy atom. The van der Waals surface area contributed by atoms with Crippen molar-refractivity contribution in [2.75, 3.05) is 14.2 Å². The van der Waals surface area contributed by atoms with E-state index in [4.69, 9.17) is 4.65 Å². The molecule has 0 unspecified atom stereocenters. The number of esters is 2. The van der Waals surface area contributed by atoms with Crippen LogP contribution in [0.4, 0.5) is 0 Å². The molecule has 0 amide bonds. The number of carbonyl (C=O) groups is 2. The van der Waals surface area contributed by atoms with Gasteiger partial charge in [-0.25, -0.2) is 9.59 Å². The van der Waals surface area contributed by atoms with Crippen molar-refractivity contribution >= 4 is 40.4 Å². The second kappa shape index (κ2) is 26.2. The molecule has 0 aliphatic heterocycles. The summed E-state index contributed by atoms with van der Waals surface area (Å²) in [6.07, 6.45) is 0.890. The number of hydrogen-bond acceptors (Lipinski definition) is 5. The first kappa shape index (κ1) is 44.2. The van der Waals surface area contributed by atoms with Crippen LogP contribution in [-0.2, 0) is 56.1 Å². The SMILES string of the molecule is CC(C)P(C(C)C)C(C)C.CC(C)P(C(C)C)C(C)C.COC(=O)/C=C(\[S-])C(=O)OC.[C-]#[O+].[Os+]. The van der Waals surface area contributed by atoms with Crippen molar-refractivity contribution in [3.05, 3.63) is 17.6 Å². The summed E-state index contributed by atoms with van der Waals surface area (Å²) in [6, 6.07) is 0. The van der Waals surface area contributed by atoms with Crippen LogP contribution in [0.2, 0.25) is 0 Å². The van der Waals surface area contributed by atoms with Crippen molar-refractivity contribution in [3.8, 4) is 0 Å². The van der Waals surface area contributed by atoms with Crippen molar-refractivity contribution < 1.29 is 43.5 Å². The van der Waals surface area contributed by atoms with Crippen molar-refractivity contribution in [1.82, 2.24) is 0 Å². The van der Waals surface area contributed by atoms with Gasteiger partial charge in [-0.3, -0.25) is 0 Å². The van der Waals surface area contributed by atoms with Crippen LogP contribution in [0.1, 0.15) is 83.1 Å². The van der Waals surface area contributed by atoms with E-state index < -0.39 is 11.9 Å². The van der Waals surface area contributed by atoms with E-state index in [-0.39, 0.29) is 40.5 Å². The average Bonchev–Trinajstić information content (AvgIpc) is 2.67. The van der Waals surface area contributed by atoms with Gasteiger partial charge in [-0.05, 0) is 34.0 Å². The number of methoxy groups -OCH3 is 2. The smallest absolute Gasteiger partial charge is 1.00 e. The molecule has 5 nitrogen and oxygen atoms in total. The summed E-state index contributed by atoms with van der Waals surface area (Å²) >= 11 is 4.49. The van der Waals surface area contributed by atoms with Gasteiger partial charge in [0.2, 0.25) is 0 Å². The molecule has 1 radical (unpaired) electrons.